The molecule has 1 amide bonds. The number of rotatable bonds is 5. The van der Waals surface area contributed by atoms with Crippen molar-refractivity contribution in [2.45, 2.75) is 26.7 Å². The highest BCUT2D eigenvalue weighted by molar-refractivity contribution is 5.92. The third-order valence-electron chi connectivity index (χ3n) is 3.42. The van der Waals surface area contributed by atoms with Crippen LogP contribution in [0.4, 0.5) is 17.2 Å². The smallest absolute Gasteiger partial charge is 0.267 e. The fourth-order valence-corrected chi connectivity index (χ4v) is 2.23. The van der Waals surface area contributed by atoms with E-state index in [-0.39, 0.29) is 5.69 Å². The predicted molar refractivity (Wildman–Crippen MR) is 85.6 cm³/mol. The molecule has 0 aliphatic rings. The van der Waals surface area contributed by atoms with E-state index in [0.29, 0.717) is 11.5 Å². The molecule has 0 unspecified atom stereocenters. The van der Waals surface area contributed by atoms with Crippen molar-refractivity contribution in [3.05, 3.63) is 47.2 Å². The summed E-state index contributed by atoms with van der Waals surface area (Å²) in [6.45, 7) is 4.19. The largest absolute Gasteiger partial charge is 0.396 e. The Kier molecular flexibility index (Phi) is 4.42. The highest BCUT2D eigenvalue weighted by atomic mass is 16.1. The van der Waals surface area contributed by atoms with Gasteiger partial charge in [0.05, 0.1) is 5.69 Å². The van der Waals surface area contributed by atoms with Crippen LogP contribution in [0.15, 0.2) is 30.3 Å². The number of hydrogen-bond donors (Lipinski definition) is 3. The number of aryl methyl sites for hydroxylation is 2. The number of nitrogens with zero attached hydrogens (tertiary/aromatic N) is 1. The van der Waals surface area contributed by atoms with Gasteiger partial charge < -0.3 is 16.8 Å². The molecule has 21 heavy (non-hydrogen) atoms. The number of primary amides is 1. The van der Waals surface area contributed by atoms with Crippen LogP contribution in [-0.4, -0.2) is 10.9 Å². The van der Waals surface area contributed by atoms with Crippen molar-refractivity contribution in [3.8, 4) is 0 Å². The molecule has 5 nitrogen and oxygen atoms in total. The molecule has 110 valence electrons. The van der Waals surface area contributed by atoms with Crippen LogP contribution in [0.2, 0.25) is 0 Å². The molecule has 1 aromatic carbocycles. The molecular weight excluding hydrogens is 264 g/mol. The van der Waals surface area contributed by atoms with Crippen molar-refractivity contribution < 1.29 is 4.79 Å². The maximum Gasteiger partial charge on any atom is 0.267 e. The van der Waals surface area contributed by atoms with Crippen LogP contribution in [0.1, 0.15) is 35.5 Å². The number of hydrogen-bond acceptors (Lipinski definition) is 4. The van der Waals surface area contributed by atoms with Crippen molar-refractivity contribution in [2.24, 2.45) is 5.73 Å². The molecule has 5 N–H and O–H groups in total. The minimum Gasteiger partial charge on any atom is -0.396 e. The fourth-order valence-electron chi connectivity index (χ4n) is 2.23. The first kappa shape index (κ1) is 14.8. The highest BCUT2D eigenvalue weighted by Crippen LogP contribution is 2.28. The molecule has 0 fully saturated rings. The Hall–Kier alpha value is -2.56. The highest BCUT2D eigenvalue weighted by Gasteiger charge is 2.11. The minimum absolute atomic E-state index is 0.193. The number of carbonyl (C=O) groups excluding carboxylic acids is 1. The number of benzene rings is 1. The van der Waals surface area contributed by atoms with E-state index in [1.165, 1.54) is 17.2 Å². The predicted octanol–water partition coefficient (Wildman–Crippen LogP) is 2.63. The van der Waals surface area contributed by atoms with Gasteiger partial charge in [-0.1, -0.05) is 32.0 Å². The molecule has 0 saturated heterocycles. The number of para-hydroxylation sites is 1. The van der Waals surface area contributed by atoms with Crippen molar-refractivity contribution in [2.75, 3.05) is 11.1 Å². The van der Waals surface area contributed by atoms with Crippen molar-refractivity contribution in [1.82, 2.24) is 4.98 Å². The number of carbonyl (C=O) groups is 1. The molecule has 1 aromatic heterocycles. The molecule has 0 radical (unpaired) electrons. The summed E-state index contributed by atoms with van der Waals surface area (Å²) >= 11 is 0. The Morgan fingerprint density at radius 3 is 2.29 bits per heavy atom. The lowest BCUT2D eigenvalue weighted by molar-refractivity contribution is 0.0996. The number of pyridine rings is 1. The van der Waals surface area contributed by atoms with Gasteiger partial charge in [-0.2, -0.15) is 0 Å². The molecule has 0 saturated carbocycles. The third kappa shape index (κ3) is 3.13. The summed E-state index contributed by atoms with van der Waals surface area (Å²) in [4.78, 5) is 15.5. The van der Waals surface area contributed by atoms with Gasteiger partial charge in [-0.15, -0.1) is 0 Å². The molecule has 0 atom stereocenters. The Labute approximate surface area is 124 Å². The Morgan fingerprint density at radius 2 is 1.76 bits per heavy atom. The van der Waals surface area contributed by atoms with E-state index in [4.69, 9.17) is 11.5 Å². The number of aromatic nitrogens is 1. The average Bonchev–Trinajstić information content (AvgIpc) is 2.49. The van der Waals surface area contributed by atoms with E-state index in [2.05, 4.69) is 36.3 Å². The van der Waals surface area contributed by atoms with E-state index in [1.54, 1.807) is 6.07 Å². The number of anilines is 3. The van der Waals surface area contributed by atoms with E-state index in [0.717, 1.165) is 18.5 Å². The molecule has 1 heterocycles. The Balaban J connectivity index is 2.47. The van der Waals surface area contributed by atoms with Crippen LogP contribution in [0, 0.1) is 0 Å². The zero-order valence-corrected chi connectivity index (χ0v) is 12.3. The molecule has 2 rings (SSSR count). The fraction of sp³-hybridized carbons (Fsp3) is 0.250. The van der Waals surface area contributed by atoms with Crippen LogP contribution in [-0.2, 0) is 12.8 Å². The lowest BCUT2D eigenvalue weighted by Crippen LogP contribution is -2.14. The molecule has 0 spiro atoms. The number of amides is 1. The second-order valence-corrected chi connectivity index (χ2v) is 4.78. The van der Waals surface area contributed by atoms with Crippen LogP contribution in [0.25, 0.3) is 0 Å². The quantitative estimate of drug-likeness (QED) is 0.786. The van der Waals surface area contributed by atoms with Gasteiger partial charge in [-0.05, 0) is 36.1 Å². The van der Waals surface area contributed by atoms with Crippen molar-refractivity contribution >= 4 is 23.1 Å². The van der Waals surface area contributed by atoms with Crippen molar-refractivity contribution in [1.29, 1.82) is 0 Å². The maximum absolute atomic E-state index is 11.3. The summed E-state index contributed by atoms with van der Waals surface area (Å²) < 4.78 is 0. The topological polar surface area (TPSA) is 94.0 Å². The van der Waals surface area contributed by atoms with Gasteiger partial charge in [-0.25, -0.2) is 4.98 Å². The molecule has 5 heteroatoms. The summed E-state index contributed by atoms with van der Waals surface area (Å²) in [5.41, 5.74) is 15.2. The average molecular weight is 284 g/mol. The van der Waals surface area contributed by atoms with Gasteiger partial charge >= 0.3 is 0 Å². The van der Waals surface area contributed by atoms with Gasteiger partial charge in [-0.3, -0.25) is 4.79 Å². The van der Waals surface area contributed by atoms with Gasteiger partial charge in [0.2, 0.25) is 0 Å². The summed E-state index contributed by atoms with van der Waals surface area (Å²) in [7, 11) is 0. The first-order valence-corrected chi connectivity index (χ1v) is 7.00. The van der Waals surface area contributed by atoms with Gasteiger partial charge in [0.15, 0.2) is 5.82 Å². The normalized spacial score (nSPS) is 10.4. The zero-order valence-electron chi connectivity index (χ0n) is 12.3. The second-order valence-electron chi connectivity index (χ2n) is 4.78. The van der Waals surface area contributed by atoms with E-state index in [1.807, 2.05) is 6.07 Å². The number of nitrogens with one attached hydrogen (secondary N) is 1. The minimum atomic E-state index is -0.572. The first-order chi connectivity index (χ1) is 10.1. The molecule has 2 aromatic rings. The van der Waals surface area contributed by atoms with E-state index < -0.39 is 5.91 Å². The molecule has 0 aliphatic heterocycles. The maximum atomic E-state index is 11.3. The third-order valence-corrected chi connectivity index (χ3v) is 3.42. The first-order valence-electron chi connectivity index (χ1n) is 7.00. The molecule has 0 aliphatic carbocycles. The van der Waals surface area contributed by atoms with E-state index >= 15 is 0 Å². The lowest BCUT2D eigenvalue weighted by atomic mass is 10.0. The standard InChI is InChI=1S/C16H20N4O/c1-3-10-6-5-7-11(4-2)14(10)20-16-12(17)8-9-13(19-16)15(18)21/h5-9H,3-4,17H2,1-2H3,(H2,18,21)(H,19,20). The van der Waals surface area contributed by atoms with Crippen LogP contribution in [0.5, 0.6) is 0 Å². The summed E-state index contributed by atoms with van der Waals surface area (Å²) in [6.07, 6.45) is 1.79. The van der Waals surface area contributed by atoms with Crippen LogP contribution in [0.3, 0.4) is 0 Å². The van der Waals surface area contributed by atoms with Crippen molar-refractivity contribution in [3.63, 3.8) is 0 Å². The van der Waals surface area contributed by atoms with Crippen LogP contribution < -0.4 is 16.8 Å². The second kappa shape index (κ2) is 6.26. The Bertz CT molecular complexity index is 645. The number of nitrogen functional groups attached to an aromatic ring is 1. The Morgan fingerprint density at radius 1 is 1.14 bits per heavy atom. The molecular formula is C16H20N4O. The number of nitrogens with two attached hydrogens (primary N) is 2. The lowest BCUT2D eigenvalue weighted by Gasteiger charge is -2.16. The van der Waals surface area contributed by atoms with E-state index in [9.17, 15) is 4.79 Å². The monoisotopic (exact) mass is 284 g/mol. The molecule has 0 bridgehead atoms. The summed E-state index contributed by atoms with van der Waals surface area (Å²) in [6, 6.07) is 9.33. The SMILES string of the molecule is CCc1cccc(CC)c1Nc1nc(C(N)=O)ccc1N. The summed E-state index contributed by atoms with van der Waals surface area (Å²) in [5.74, 6) is -0.112. The van der Waals surface area contributed by atoms with Gasteiger partial charge in [0, 0.05) is 5.69 Å². The zero-order chi connectivity index (χ0) is 15.4. The summed E-state index contributed by atoms with van der Waals surface area (Å²) in [5, 5.41) is 3.26. The van der Waals surface area contributed by atoms with Gasteiger partial charge in [0.1, 0.15) is 5.69 Å². The van der Waals surface area contributed by atoms with Crippen LogP contribution >= 0.6 is 0 Å². The van der Waals surface area contributed by atoms with Gasteiger partial charge in [0.25, 0.3) is 5.91 Å².